The Labute approximate surface area is 207 Å². The van der Waals surface area contributed by atoms with E-state index in [0.29, 0.717) is 29.4 Å². The van der Waals surface area contributed by atoms with Crippen molar-refractivity contribution in [2.24, 2.45) is 5.10 Å². The number of hydrazone groups is 1. The van der Waals surface area contributed by atoms with Crippen LogP contribution in [0.5, 0.6) is 17.2 Å². The highest BCUT2D eigenvalue weighted by atomic mass is 32.2. The molecule has 3 aromatic carbocycles. The lowest BCUT2D eigenvalue weighted by Gasteiger charge is -2.13. The lowest BCUT2D eigenvalue weighted by atomic mass is 10.2. The molecule has 9 heteroatoms. The number of rotatable bonds is 10. The normalized spacial score (nSPS) is 11.1. The summed E-state index contributed by atoms with van der Waals surface area (Å²) >= 11 is 1.37. The van der Waals surface area contributed by atoms with Crippen molar-refractivity contribution in [2.75, 3.05) is 27.1 Å². The molecule has 4 aromatic rings. The zero-order valence-electron chi connectivity index (χ0n) is 19.7. The van der Waals surface area contributed by atoms with Gasteiger partial charge in [0, 0.05) is 5.56 Å². The number of thioether (sulfide) groups is 1. The second-order valence-electron chi connectivity index (χ2n) is 7.46. The molecule has 0 bridgehead atoms. The van der Waals surface area contributed by atoms with Gasteiger partial charge in [-0.15, -0.1) is 0 Å². The van der Waals surface area contributed by atoms with Crippen LogP contribution in [-0.4, -0.2) is 48.8 Å². The molecular formula is C26H26N4O4S. The Hall–Kier alpha value is -3.98. The van der Waals surface area contributed by atoms with Crippen molar-refractivity contribution >= 4 is 34.9 Å². The number of benzene rings is 3. The smallest absolute Gasteiger partial charge is 0.250 e. The van der Waals surface area contributed by atoms with Crippen molar-refractivity contribution in [3.05, 3.63) is 77.9 Å². The molecule has 4 rings (SSSR count). The Balaban J connectivity index is 1.45. The van der Waals surface area contributed by atoms with Crippen LogP contribution in [0.25, 0.3) is 11.0 Å². The Morgan fingerprint density at radius 2 is 1.71 bits per heavy atom. The van der Waals surface area contributed by atoms with E-state index in [1.165, 1.54) is 32.2 Å². The van der Waals surface area contributed by atoms with Crippen molar-refractivity contribution in [3.8, 4) is 17.2 Å². The minimum absolute atomic E-state index is 0.165. The third-order valence-electron chi connectivity index (χ3n) is 5.26. The molecule has 35 heavy (non-hydrogen) atoms. The van der Waals surface area contributed by atoms with Gasteiger partial charge in [0.2, 0.25) is 5.75 Å². The molecule has 0 fully saturated rings. The first-order chi connectivity index (χ1) is 17.1. The number of nitrogens with one attached hydrogen (secondary N) is 1. The van der Waals surface area contributed by atoms with Gasteiger partial charge >= 0.3 is 0 Å². The number of carbonyl (C=O) groups is 1. The van der Waals surface area contributed by atoms with Gasteiger partial charge in [-0.05, 0) is 29.8 Å². The van der Waals surface area contributed by atoms with E-state index in [9.17, 15) is 4.79 Å². The minimum Gasteiger partial charge on any atom is -0.493 e. The summed E-state index contributed by atoms with van der Waals surface area (Å²) in [6, 6.07) is 21.7. The molecule has 1 heterocycles. The number of nitrogens with zero attached hydrogens (tertiary/aromatic N) is 3. The highest BCUT2D eigenvalue weighted by Crippen LogP contribution is 2.39. The molecule has 0 radical (unpaired) electrons. The second-order valence-corrected chi connectivity index (χ2v) is 8.40. The number of imidazole rings is 1. The maximum Gasteiger partial charge on any atom is 0.250 e. The van der Waals surface area contributed by atoms with Gasteiger partial charge in [-0.2, -0.15) is 5.10 Å². The lowest BCUT2D eigenvalue weighted by Crippen LogP contribution is -2.20. The summed E-state index contributed by atoms with van der Waals surface area (Å²) in [4.78, 5) is 17.2. The van der Waals surface area contributed by atoms with E-state index in [0.717, 1.165) is 21.8 Å². The number of hydrogen-bond acceptors (Lipinski definition) is 7. The molecule has 0 aliphatic carbocycles. The van der Waals surface area contributed by atoms with Gasteiger partial charge in [0.25, 0.3) is 5.91 Å². The van der Waals surface area contributed by atoms with Crippen molar-refractivity contribution in [3.63, 3.8) is 0 Å². The third kappa shape index (κ3) is 5.58. The Bertz CT molecular complexity index is 1340. The summed E-state index contributed by atoms with van der Waals surface area (Å²) in [7, 11) is 4.62. The number of hydrogen-bond donors (Lipinski definition) is 1. The van der Waals surface area contributed by atoms with Gasteiger partial charge in [-0.1, -0.05) is 54.2 Å². The molecule has 0 unspecified atom stereocenters. The first kappa shape index (κ1) is 24.2. The zero-order chi connectivity index (χ0) is 24.6. The first-order valence-electron chi connectivity index (χ1n) is 10.9. The Kier molecular flexibility index (Phi) is 7.89. The van der Waals surface area contributed by atoms with E-state index in [4.69, 9.17) is 19.2 Å². The summed E-state index contributed by atoms with van der Waals surface area (Å²) < 4.78 is 18.2. The first-order valence-corrected chi connectivity index (χ1v) is 11.9. The van der Waals surface area contributed by atoms with Gasteiger partial charge in [-0.25, -0.2) is 10.4 Å². The molecular weight excluding hydrogens is 464 g/mol. The summed E-state index contributed by atoms with van der Waals surface area (Å²) in [5.74, 6) is 1.38. The summed E-state index contributed by atoms with van der Waals surface area (Å²) in [6.45, 7) is 0.669. The van der Waals surface area contributed by atoms with Crippen LogP contribution in [0.2, 0.25) is 0 Å². The molecule has 0 aliphatic heterocycles. The molecule has 8 nitrogen and oxygen atoms in total. The van der Waals surface area contributed by atoms with Gasteiger partial charge in [0.1, 0.15) is 0 Å². The van der Waals surface area contributed by atoms with Crippen molar-refractivity contribution in [1.29, 1.82) is 0 Å². The summed E-state index contributed by atoms with van der Waals surface area (Å²) in [5, 5.41) is 4.86. The van der Waals surface area contributed by atoms with Gasteiger partial charge in [-0.3, -0.25) is 4.79 Å². The Morgan fingerprint density at radius 3 is 2.46 bits per heavy atom. The van der Waals surface area contributed by atoms with E-state index < -0.39 is 0 Å². The quantitative estimate of drug-likeness (QED) is 0.202. The van der Waals surface area contributed by atoms with Crippen LogP contribution in [0.3, 0.4) is 0 Å². The topological polar surface area (TPSA) is 87.0 Å². The van der Waals surface area contributed by atoms with Crippen LogP contribution in [-0.2, 0) is 11.3 Å². The molecule has 0 spiro atoms. The molecule has 1 N–H and O–H groups in total. The number of aromatic nitrogens is 2. The zero-order valence-corrected chi connectivity index (χ0v) is 20.5. The summed E-state index contributed by atoms with van der Waals surface area (Å²) in [6.07, 6.45) is 1.51. The average Bonchev–Trinajstić information content (AvgIpc) is 3.24. The van der Waals surface area contributed by atoms with Crippen LogP contribution >= 0.6 is 11.8 Å². The third-order valence-corrected chi connectivity index (χ3v) is 6.24. The fraction of sp³-hybridized carbons (Fsp3) is 0.192. The highest BCUT2D eigenvalue weighted by Gasteiger charge is 2.15. The number of carbonyl (C=O) groups excluding carboxylic acids is 1. The number of ether oxygens (including phenoxy) is 3. The van der Waals surface area contributed by atoms with Crippen molar-refractivity contribution in [2.45, 2.75) is 11.7 Å². The SMILES string of the molecule is COc1ccc(C=NNC(=O)CSc2nc3ccccc3n2Cc2ccccc2)c(OC)c1OC. The van der Waals surface area contributed by atoms with E-state index in [2.05, 4.69) is 27.2 Å². The van der Waals surface area contributed by atoms with Crippen molar-refractivity contribution in [1.82, 2.24) is 15.0 Å². The maximum absolute atomic E-state index is 12.5. The predicted octanol–water partition coefficient (Wildman–Crippen LogP) is 4.35. The van der Waals surface area contributed by atoms with Gasteiger partial charge < -0.3 is 18.8 Å². The standard InChI is InChI=1S/C26H26N4O4S/c1-32-22-14-13-19(24(33-2)25(22)34-3)15-27-29-23(31)17-35-26-28-20-11-7-8-12-21(20)30(26)16-18-9-5-4-6-10-18/h4-15H,16-17H2,1-3H3,(H,29,31). The highest BCUT2D eigenvalue weighted by molar-refractivity contribution is 7.99. The number of amides is 1. The average molecular weight is 491 g/mol. The van der Waals surface area contributed by atoms with E-state index in [1.54, 1.807) is 19.2 Å². The molecule has 0 aliphatic rings. The monoisotopic (exact) mass is 490 g/mol. The van der Waals surface area contributed by atoms with Gasteiger partial charge in [0.05, 0.1) is 50.9 Å². The van der Waals surface area contributed by atoms with Crippen LogP contribution < -0.4 is 19.6 Å². The van der Waals surface area contributed by atoms with E-state index in [1.807, 2.05) is 42.5 Å². The lowest BCUT2D eigenvalue weighted by molar-refractivity contribution is -0.118. The molecule has 1 amide bonds. The maximum atomic E-state index is 12.5. The summed E-state index contributed by atoms with van der Waals surface area (Å²) in [5.41, 5.74) is 6.29. The largest absolute Gasteiger partial charge is 0.493 e. The molecule has 0 atom stereocenters. The fourth-order valence-electron chi connectivity index (χ4n) is 3.64. The van der Waals surface area contributed by atoms with E-state index >= 15 is 0 Å². The van der Waals surface area contributed by atoms with Crippen LogP contribution in [0.15, 0.2) is 77.0 Å². The number of fused-ring (bicyclic) bond motifs is 1. The molecule has 0 saturated carbocycles. The molecule has 1 aromatic heterocycles. The van der Waals surface area contributed by atoms with Crippen LogP contribution in [0, 0.1) is 0 Å². The Morgan fingerprint density at radius 1 is 0.971 bits per heavy atom. The van der Waals surface area contributed by atoms with E-state index in [-0.39, 0.29) is 11.7 Å². The fourth-order valence-corrected chi connectivity index (χ4v) is 4.45. The number of methoxy groups -OCH3 is 3. The van der Waals surface area contributed by atoms with Crippen molar-refractivity contribution < 1.29 is 19.0 Å². The minimum atomic E-state index is -0.246. The van der Waals surface area contributed by atoms with Gasteiger partial charge in [0.15, 0.2) is 16.7 Å². The molecule has 180 valence electrons. The molecule has 0 saturated heterocycles. The predicted molar refractivity (Wildman–Crippen MR) is 138 cm³/mol. The second kappa shape index (κ2) is 11.4. The number of para-hydroxylation sites is 2. The van der Waals surface area contributed by atoms with Crippen LogP contribution in [0.4, 0.5) is 0 Å². The van der Waals surface area contributed by atoms with Crippen LogP contribution in [0.1, 0.15) is 11.1 Å².